The van der Waals surface area contributed by atoms with Crippen LogP contribution in [0, 0.1) is 5.82 Å². The molecule has 0 fully saturated rings. The molecule has 0 aliphatic rings. The lowest BCUT2D eigenvalue weighted by Crippen LogP contribution is -2.25. The van der Waals surface area contributed by atoms with E-state index >= 15 is 0 Å². The third-order valence-corrected chi connectivity index (χ3v) is 5.81. The van der Waals surface area contributed by atoms with Gasteiger partial charge in [0.25, 0.3) is 10.0 Å². The Kier molecular flexibility index (Phi) is 5.08. The first kappa shape index (κ1) is 19.2. The first-order valence-electron chi connectivity index (χ1n) is 8.62. The molecule has 0 saturated carbocycles. The Bertz CT molecular complexity index is 1240. The van der Waals surface area contributed by atoms with Gasteiger partial charge in [0, 0.05) is 16.1 Å². The molecule has 0 unspecified atom stereocenters. The quantitative estimate of drug-likeness (QED) is 0.490. The Morgan fingerprint density at radius 3 is 2.14 bits per heavy atom. The van der Waals surface area contributed by atoms with Crippen LogP contribution in [0.3, 0.4) is 0 Å². The molecule has 0 amide bonds. The summed E-state index contributed by atoms with van der Waals surface area (Å²) in [5.74, 6) is -0.365. The molecule has 4 rings (SSSR count). The van der Waals surface area contributed by atoms with Crippen LogP contribution in [0.1, 0.15) is 0 Å². The van der Waals surface area contributed by atoms with Crippen molar-refractivity contribution in [1.82, 2.24) is 9.89 Å². The van der Waals surface area contributed by atoms with Crippen LogP contribution in [0.5, 0.6) is 0 Å². The van der Waals surface area contributed by atoms with Gasteiger partial charge in [-0.05, 0) is 54.6 Å². The SMILES string of the molecule is O=S(=O)(Nn1nc(-c2ccc(F)cc2)cc1-c1ccc(Cl)cc1)c1ccccc1. The lowest BCUT2D eigenvalue weighted by molar-refractivity contribution is 0.592. The highest BCUT2D eigenvalue weighted by Crippen LogP contribution is 2.27. The maximum Gasteiger partial charge on any atom is 0.276 e. The molecule has 0 atom stereocenters. The fraction of sp³-hybridized carbons (Fsp3) is 0. The molecule has 0 spiro atoms. The molecule has 3 aromatic carbocycles. The topological polar surface area (TPSA) is 64.0 Å². The van der Waals surface area contributed by atoms with Crippen molar-refractivity contribution >= 4 is 21.6 Å². The van der Waals surface area contributed by atoms with Crippen LogP contribution in [0.2, 0.25) is 5.02 Å². The highest BCUT2D eigenvalue weighted by molar-refractivity contribution is 7.92. The summed E-state index contributed by atoms with van der Waals surface area (Å²) >= 11 is 5.97. The van der Waals surface area contributed by atoms with Crippen LogP contribution < -0.4 is 4.83 Å². The average molecular weight is 428 g/mol. The summed E-state index contributed by atoms with van der Waals surface area (Å²) in [5.41, 5.74) is 2.37. The minimum Gasteiger partial charge on any atom is -0.207 e. The van der Waals surface area contributed by atoms with E-state index in [0.717, 1.165) is 0 Å². The monoisotopic (exact) mass is 427 g/mol. The van der Waals surface area contributed by atoms with Crippen LogP contribution in [0.25, 0.3) is 22.5 Å². The molecule has 0 aliphatic carbocycles. The summed E-state index contributed by atoms with van der Waals surface area (Å²) in [5, 5.41) is 4.95. The van der Waals surface area contributed by atoms with Crippen molar-refractivity contribution in [3.63, 3.8) is 0 Å². The number of aromatic nitrogens is 2. The summed E-state index contributed by atoms with van der Waals surface area (Å²) in [6, 6.07) is 22.5. The van der Waals surface area contributed by atoms with Crippen molar-refractivity contribution in [3.05, 3.63) is 95.8 Å². The molecule has 0 radical (unpaired) electrons. The maximum absolute atomic E-state index is 13.3. The Morgan fingerprint density at radius 2 is 1.48 bits per heavy atom. The van der Waals surface area contributed by atoms with Crippen molar-refractivity contribution < 1.29 is 12.8 Å². The van der Waals surface area contributed by atoms with E-state index in [1.165, 1.54) is 29.1 Å². The molecule has 1 heterocycles. The van der Waals surface area contributed by atoms with Crippen LogP contribution in [-0.2, 0) is 10.0 Å². The molecule has 146 valence electrons. The van der Waals surface area contributed by atoms with Crippen molar-refractivity contribution in [2.75, 3.05) is 4.83 Å². The number of benzene rings is 3. The summed E-state index contributed by atoms with van der Waals surface area (Å²) in [6.45, 7) is 0. The Balaban J connectivity index is 1.80. The van der Waals surface area contributed by atoms with Crippen LogP contribution in [0.15, 0.2) is 89.8 Å². The Morgan fingerprint density at radius 1 is 0.862 bits per heavy atom. The minimum absolute atomic E-state index is 0.112. The molecule has 0 saturated heterocycles. The molecule has 0 bridgehead atoms. The van der Waals surface area contributed by atoms with Gasteiger partial charge < -0.3 is 0 Å². The van der Waals surface area contributed by atoms with Gasteiger partial charge in [0.05, 0.1) is 16.3 Å². The summed E-state index contributed by atoms with van der Waals surface area (Å²) in [7, 11) is -3.86. The smallest absolute Gasteiger partial charge is 0.207 e. The zero-order valence-electron chi connectivity index (χ0n) is 15.0. The number of hydrogen-bond donors (Lipinski definition) is 1. The van der Waals surface area contributed by atoms with E-state index in [9.17, 15) is 12.8 Å². The second-order valence-corrected chi connectivity index (χ2v) is 8.35. The number of halogens is 2. The fourth-order valence-corrected chi connectivity index (χ4v) is 3.92. The highest BCUT2D eigenvalue weighted by atomic mass is 35.5. The molecule has 5 nitrogen and oxygen atoms in total. The predicted molar refractivity (Wildman–Crippen MR) is 111 cm³/mol. The Labute approximate surface area is 172 Å². The molecule has 1 aromatic heterocycles. The van der Waals surface area contributed by atoms with E-state index in [0.29, 0.717) is 27.5 Å². The van der Waals surface area contributed by atoms with Gasteiger partial charge >= 0.3 is 0 Å². The fourth-order valence-electron chi connectivity index (χ4n) is 2.80. The van der Waals surface area contributed by atoms with Crippen molar-refractivity contribution in [2.24, 2.45) is 0 Å². The van der Waals surface area contributed by atoms with Crippen LogP contribution >= 0.6 is 11.6 Å². The molecular formula is C21H15ClFN3O2S. The highest BCUT2D eigenvalue weighted by Gasteiger charge is 2.19. The first-order valence-corrected chi connectivity index (χ1v) is 10.5. The zero-order valence-corrected chi connectivity index (χ0v) is 16.5. The minimum atomic E-state index is -3.86. The number of hydrogen-bond acceptors (Lipinski definition) is 3. The lowest BCUT2D eigenvalue weighted by atomic mass is 10.1. The lowest BCUT2D eigenvalue weighted by Gasteiger charge is -2.11. The van der Waals surface area contributed by atoms with Gasteiger partial charge in [0.2, 0.25) is 0 Å². The molecule has 0 aliphatic heterocycles. The van der Waals surface area contributed by atoms with Crippen molar-refractivity contribution in [3.8, 4) is 22.5 Å². The number of nitrogens with zero attached hydrogens (tertiary/aromatic N) is 2. The van der Waals surface area contributed by atoms with Gasteiger partial charge in [-0.25, -0.2) is 4.39 Å². The van der Waals surface area contributed by atoms with E-state index in [2.05, 4.69) is 9.93 Å². The standard InChI is InChI=1S/C21H15ClFN3O2S/c22-17-10-6-16(7-11-17)21-14-20(15-8-12-18(23)13-9-15)24-26(21)25-29(27,28)19-4-2-1-3-5-19/h1-14,25H. The van der Waals surface area contributed by atoms with Gasteiger partial charge in [0.15, 0.2) is 0 Å². The predicted octanol–water partition coefficient (Wildman–Crippen LogP) is 4.94. The van der Waals surface area contributed by atoms with E-state index in [1.54, 1.807) is 60.7 Å². The van der Waals surface area contributed by atoms with Crippen LogP contribution in [0.4, 0.5) is 4.39 Å². The van der Waals surface area contributed by atoms with Crippen molar-refractivity contribution in [2.45, 2.75) is 4.90 Å². The van der Waals surface area contributed by atoms with E-state index < -0.39 is 10.0 Å². The number of nitrogens with one attached hydrogen (secondary N) is 1. The maximum atomic E-state index is 13.3. The Hall–Kier alpha value is -3.16. The summed E-state index contributed by atoms with van der Waals surface area (Å²) in [6.07, 6.45) is 0. The van der Waals surface area contributed by atoms with Gasteiger partial charge in [-0.15, -0.1) is 0 Å². The second kappa shape index (κ2) is 7.69. The van der Waals surface area contributed by atoms with Crippen LogP contribution in [-0.4, -0.2) is 18.3 Å². The van der Waals surface area contributed by atoms with Gasteiger partial charge in [0.1, 0.15) is 5.82 Å². The van der Waals surface area contributed by atoms with E-state index in [4.69, 9.17) is 11.6 Å². The third kappa shape index (κ3) is 4.16. The average Bonchev–Trinajstić information content (AvgIpc) is 3.13. The summed E-state index contributed by atoms with van der Waals surface area (Å²) < 4.78 is 38.8. The van der Waals surface area contributed by atoms with E-state index in [-0.39, 0.29) is 10.7 Å². The molecule has 8 heteroatoms. The second-order valence-electron chi connectivity index (χ2n) is 6.25. The molecule has 1 N–H and O–H groups in total. The normalized spacial score (nSPS) is 11.4. The number of sulfonamides is 1. The van der Waals surface area contributed by atoms with E-state index in [1.807, 2.05) is 0 Å². The van der Waals surface area contributed by atoms with Crippen molar-refractivity contribution in [1.29, 1.82) is 0 Å². The van der Waals surface area contributed by atoms with Gasteiger partial charge in [-0.2, -0.15) is 23.1 Å². The third-order valence-electron chi connectivity index (χ3n) is 4.25. The van der Waals surface area contributed by atoms with Gasteiger partial charge in [-0.1, -0.05) is 41.9 Å². The first-order chi connectivity index (χ1) is 13.9. The zero-order chi connectivity index (χ0) is 20.4. The van der Waals surface area contributed by atoms with Gasteiger partial charge in [-0.3, -0.25) is 0 Å². The molecular weight excluding hydrogens is 413 g/mol. The number of rotatable bonds is 5. The largest absolute Gasteiger partial charge is 0.276 e. The summed E-state index contributed by atoms with van der Waals surface area (Å²) in [4.78, 5) is 3.80. The molecule has 4 aromatic rings. The molecule has 29 heavy (non-hydrogen) atoms.